The van der Waals surface area contributed by atoms with E-state index in [1.165, 1.54) is 6.33 Å². The lowest BCUT2D eigenvalue weighted by Gasteiger charge is -2.04. The van der Waals surface area contributed by atoms with Crippen molar-refractivity contribution in [1.82, 2.24) is 20.3 Å². The lowest BCUT2D eigenvalue weighted by atomic mass is 10.3. The van der Waals surface area contributed by atoms with Gasteiger partial charge in [-0.05, 0) is 18.2 Å². The van der Waals surface area contributed by atoms with Crippen LogP contribution in [0.3, 0.4) is 0 Å². The molecule has 2 N–H and O–H groups in total. The van der Waals surface area contributed by atoms with E-state index in [1.807, 2.05) is 0 Å². The largest absolute Gasteiger partial charge is 0.387 e. The zero-order valence-corrected chi connectivity index (χ0v) is 9.92. The van der Waals surface area contributed by atoms with E-state index in [0.717, 1.165) is 11.4 Å². The molecule has 2 aromatic rings. The fraction of sp³-hybridized carbons (Fsp3) is 0.167. The number of carbonyl (C=O) groups is 1. The molecular weight excluding hydrogens is 230 g/mol. The number of nitrogens with zero attached hydrogens (tertiary/aromatic N) is 3. The molecule has 0 unspecified atom stereocenters. The maximum atomic E-state index is 11.8. The third-order valence-corrected chi connectivity index (χ3v) is 2.36. The lowest BCUT2D eigenvalue weighted by Crippen LogP contribution is -2.24. The molecule has 0 aromatic carbocycles. The van der Waals surface area contributed by atoms with Crippen LogP contribution in [0.4, 0.5) is 5.69 Å². The summed E-state index contributed by atoms with van der Waals surface area (Å²) in [7, 11) is 1.80. The van der Waals surface area contributed by atoms with Crippen molar-refractivity contribution in [2.45, 2.75) is 6.54 Å². The molecule has 0 bridgehead atoms. The molecule has 0 saturated carbocycles. The molecule has 0 spiro atoms. The van der Waals surface area contributed by atoms with Gasteiger partial charge >= 0.3 is 0 Å². The molecule has 18 heavy (non-hydrogen) atoms. The highest BCUT2D eigenvalue weighted by Gasteiger charge is 2.06. The number of pyridine rings is 1. The predicted molar refractivity (Wildman–Crippen MR) is 67.0 cm³/mol. The van der Waals surface area contributed by atoms with Crippen molar-refractivity contribution in [3.63, 3.8) is 0 Å². The van der Waals surface area contributed by atoms with Gasteiger partial charge in [-0.15, -0.1) is 0 Å². The summed E-state index contributed by atoms with van der Waals surface area (Å²) in [6, 6.07) is 5.21. The molecule has 0 aliphatic rings. The van der Waals surface area contributed by atoms with Gasteiger partial charge in [0.1, 0.15) is 12.0 Å². The van der Waals surface area contributed by atoms with Gasteiger partial charge in [0.2, 0.25) is 0 Å². The number of anilines is 1. The number of hydrogen-bond acceptors (Lipinski definition) is 5. The third-order valence-electron chi connectivity index (χ3n) is 2.36. The topological polar surface area (TPSA) is 79.8 Å². The van der Waals surface area contributed by atoms with Gasteiger partial charge in [-0.2, -0.15) is 0 Å². The maximum absolute atomic E-state index is 11.8. The summed E-state index contributed by atoms with van der Waals surface area (Å²) in [5.41, 5.74) is 2.00. The summed E-state index contributed by atoms with van der Waals surface area (Å²) >= 11 is 0. The molecule has 0 aliphatic carbocycles. The standard InChI is InChI=1S/C12H13N5O/c1-13-9-2-3-11(15-6-9)12(18)16-7-10-4-5-14-8-17-10/h2-6,8,13H,7H2,1H3,(H,16,18). The van der Waals surface area contributed by atoms with E-state index in [0.29, 0.717) is 12.2 Å². The second kappa shape index (κ2) is 5.72. The Labute approximate surface area is 105 Å². The van der Waals surface area contributed by atoms with Gasteiger partial charge < -0.3 is 10.6 Å². The van der Waals surface area contributed by atoms with Crippen LogP contribution < -0.4 is 10.6 Å². The molecule has 0 radical (unpaired) electrons. The number of hydrogen-bond donors (Lipinski definition) is 2. The quantitative estimate of drug-likeness (QED) is 0.832. The first kappa shape index (κ1) is 12.0. The van der Waals surface area contributed by atoms with E-state index in [4.69, 9.17) is 0 Å². The van der Waals surface area contributed by atoms with Crippen molar-refractivity contribution in [3.8, 4) is 0 Å². The van der Waals surface area contributed by atoms with Gasteiger partial charge in [0, 0.05) is 13.2 Å². The van der Waals surface area contributed by atoms with Crippen molar-refractivity contribution >= 4 is 11.6 Å². The van der Waals surface area contributed by atoms with Crippen LogP contribution in [-0.2, 0) is 6.54 Å². The maximum Gasteiger partial charge on any atom is 0.270 e. The lowest BCUT2D eigenvalue weighted by molar-refractivity contribution is 0.0945. The Balaban J connectivity index is 1.95. The highest BCUT2D eigenvalue weighted by atomic mass is 16.1. The van der Waals surface area contributed by atoms with E-state index >= 15 is 0 Å². The summed E-state index contributed by atoms with van der Waals surface area (Å²) in [5.74, 6) is -0.226. The molecule has 2 heterocycles. The van der Waals surface area contributed by atoms with E-state index in [9.17, 15) is 4.79 Å². The second-order valence-electron chi connectivity index (χ2n) is 3.57. The smallest absolute Gasteiger partial charge is 0.270 e. The van der Waals surface area contributed by atoms with E-state index < -0.39 is 0 Å². The normalized spacial score (nSPS) is 9.83. The number of amides is 1. The van der Waals surface area contributed by atoms with Crippen molar-refractivity contribution in [1.29, 1.82) is 0 Å². The molecule has 1 amide bonds. The summed E-state index contributed by atoms with van der Waals surface area (Å²) in [6.45, 7) is 0.358. The number of aromatic nitrogens is 3. The van der Waals surface area contributed by atoms with Crippen LogP contribution in [0.1, 0.15) is 16.2 Å². The van der Waals surface area contributed by atoms with Crippen LogP contribution in [0.15, 0.2) is 36.9 Å². The monoisotopic (exact) mass is 243 g/mol. The molecule has 2 rings (SSSR count). The van der Waals surface area contributed by atoms with Gasteiger partial charge in [0.05, 0.1) is 24.1 Å². The van der Waals surface area contributed by atoms with Gasteiger partial charge in [0.15, 0.2) is 0 Å². The molecule has 6 nitrogen and oxygen atoms in total. The van der Waals surface area contributed by atoms with Crippen molar-refractivity contribution < 1.29 is 4.79 Å². The Bertz CT molecular complexity index is 512. The first-order chi connectivity index (χ1) is 8.79. The Kier molecular flexibility index (Phi) is 3.80. The molecular formula is C12H13N5O. The van der Waals surface area contributed by atoms with E-state index in [1.54, 1.807) is 37.6 Å². The predicted octanol–water partition coefficient (Wildman–Crippen LogP) is 0.843. The summed E-state index contributed by atoms with van der Waals surface area (Å²) in [6.07, 6.45) is 4.69. The minimum atomic E-state index is -0.226. The van der Waals surface area contributed by atoms with Crippen LogP contribution in [0.2, 0.25) is 0 Å². The molecule has 0 saturated heterocycles. The molecule has 0 atom stereocenters. The van der Waals surface area contributed by atoms with Crippen LogP contribution in [0, 0.1) is 0 Å². The minimum Gasteiger partial charge on any atom is -0.387 e. The van der Waals surface area contributed by atoms with Crippen LogP contribution >= 0.6 is 0 Å². The minimum absolute atomic E-state index is 0.226. The zero-order chi connectivity index (χ0) is 12.8. The summed E-state index contributed by atoms with van der Waals surface area (Å²) < 4.78 is 0. The van der Waals surface area contributed by atoms with Crippen LogP contribution in [-0.4, -0.2) is 27.9 Å². The number of rotatable bonds is 4. The fourth-order valence-electron chi connectivity index (χ4n) is 1.36. The molecule has 92 valence electrons. The highest BCUT2D eigenvalue weighted by molar-refractivity contribution is 5.92. The third kappa shape index (κ3) is 3.00. The molecule has 0 aliphatic heterocycles. The van der Waals surface area contributed by atoms with Crippen LogP contribution in [0.25, 0.3) is 0 Å². The van der Waals surface area contributed by atoms with E-state index in [2.05, 4.69) is 25.6 Å². The molecule has 0 fully saturated rings. The Hall–Kier alpha value is -2.50. The Morgan fingerprint density at radius 1 is 1.28 bits per heavy atom. The van der Waals surface area contributed by atoms with Gasteiger partial charge in [0.25, 0.3) is 5.91 Å². The van der Waals surface area contributed by atoms with E-state index in [-0.39, 0.29) is 5.91 Å². The Morgan fingerprint density at radius 2 is 2.17 bits per heavy atom. The number of nitrogens with one attached hydrogen (secondary N) is 2. The molecule has 2 aromatic heterocycles. The van der Waals surface area contributed by atoms with Crippen molar-refractivity contribution in [3.05, 3.63) is 48.3 Å². The first-order valence-corrected chi connectivity index (χ1v) is 5.46. The zero-order valence-electron chi connectivity index (χ0n) is 9.92. The average molecular weight is 243 g/mol. The summed E-state index contributed by atoms with van der Waals surface area (Å²) in [5, 5.41) is 5.68. The van der Waals surface area contributed by atoms with Crippen molar-refractivity contribution in [2.24, 2.45) is 0 Å². The van der Waals surface area contributed by atoms with Gasteiger partial charge in [-0.1, -0.05) is 0 Å². The second-order valence-corrected chi connectivity index (χ2v) is 3.57. The average Bonchev–Trinajstić information content (AvgIpc) is 2.46. The highest BCUT2D eigenvalue weighted by Crippen LogP contribution is 2.04. The SMILES string of the molecule is CNc1ccc(C(=O)NCc2ccncn2)nc1. The van der Waals surface area contributed by atoms with Crippen LogP contribution in [0.5, 0.6) is 0 Å². The van der Waals surface area contributed by atoms with Gasteiger partial charge in [-0.25, -0.2) is 15.0 Å². The number of carbonyl (C=O) groups excluding carboxylic acids is 1. The van der Waals surface area contributed by atoms with Crippen molar-refractivity contribution in [2.75, 3.05) is 12.4 Å². The fourth-order valence-corrected chi connectivity index (χ4v) is 1.36. The first-order valence-electron chi connectivity index (χ1n) is 5.46. The molecule has 6 heteroatoms. The Morgan fingerprint density at radius 3 is 2.78 bits per heavy atom. The van der Waals surface area contributed by atoms with Gasteiger partial charge in [-0.3, -0.25) is 4.79 Å². The summed E-state index contributed by atoms with van der Waals surface area (Å²) in [4.78, 5) is 23.7.